The lowest BCUT2D eigenvalue weighted by Gasteiger charge is -2.38. The molecule has 0 saturated carbocycles. The maximum absolute atomic E-state index is 12.0. The molecule has 0 saturated heterocycles. The maximum atomic E-state index is 12.0. The predicted molar refractivity (Wildman–Crippen MR) is 71.0 cm³/mol. The first-order valence-corrected chi connectivity index (χ1v) is 5.96. The molecule has 0 spiro atoms. The zero-order chi connectivity index (χ0) is 14.1. The molecule has 0 atom stereocenters. The smallest absolute Gasteiger partial charge is 0.255 e. The highest BCUT2D eigenvalue weighted by Crippen LogP contribution is 2.25. The molecule has 1 rings (SSSR count). The third kappa shape index (κ3) is 3.15. The Morgan fingerprint density at radius 2 is 1.83 bits per heavy atom. The average molecular weight is 272 g/mol. The molecule has 100 valence electrons. The summed E-state index contributed by atoms with van der Waals surface area (Å²) in [6.07, 6.45) is 0. The van der Waals surface area contributed by atoms with Gasteiger partial charge in [0.25, 0.3) is 5.91 Å². The number of aliphatic hydroxyl groups is 1. The fourth-order valence-corrected chi connectivity index (χ4v) is 1.37. The third-order valence-corrected chi connectivity index (χ3v) is 3.40. The summed E-state index contributed by atoms with van der Waals surface area (Å²) in [5.41, 5.74) is -1.81. The number of phenols is 1. The minimum atomic E-state index is -1.09. The minimum Gasteiger partial charge on any atom is -0.507 e. The number of carbonyl (C=O) groups excluding carboxylic acids is 1. The van der Waals surface area contributed by atoms with Gasteiger partial charge in [-0.25, -0.2) is 0 Å². The molecule has 3 N–H and O–H groups in total. The quantitative estimate of drug-likeness (QED) is 0.790. The van der Waals surface area contributed by atoms with Crippen LogP contribution < -0.4 is 5.32 Å². The summed E-state index contributed by atoms with van der Waals surface area (Å²) >= 11 is 5.70. The number of benzene rings is 1. The largest absolute Gasteiger partial charge is 0.507 e. The van der Waals surface area contributed by atoms with Gasteiger partial charge in [-0.1, -0.05) is 11.6 Å². The van der Waals surface area contributed by atoms with E-state index in [2.05, 4.69) is 5.32 Å². The van der Waals surface area contributed by atoms with E-state index in [-0.39, 0.29) is 11.3 Å². The molecule has 4 nitrogen and oxygen atoms in total. The highest BCUT2D eigenvalue weighted by atomic mass is 35.5. The normalized spacial score (nSPS) is 12.3. The monoisotopic (exact) mass is 271 g/mol. The molecule has 1 aromatic rings. The zero-order valence-corrected chi connectivity index (χ0v) is 11.7. The Bertz CT molecular complexity index is 464. The summed E-state index contributed by atoms with van der Waals surface area (Å²) in [4.78, 5) is 12.0. The highest BCUT2D eigenvalue weighted by molar-refractivity contribution is 6.30. The first-order valence-electron chi connectivity index (χ1n) is 5.58. The van der Waals surface area contributed by atoms with Gasteiger partial charge in [0.2, 0.25) is 0 Å². The molecule has 1 amide bonds. The highest BCUT2D eigenvalue weighted by Gasteiger charge is 2.36. The van der Waals surface area contributed by atoms with E-state index >= 15 is 0 Å². The molecule has 0 unspecified atom stereocenters. The molecule has 0 radical (unpaired) electrons. The van der Waals surface area contributed by atoms with E-state index < -0.39 is 17.0 Å². The molecule has 1 aromatic carbocycles. The predicted octanol–water partition coefficient (Wildman–Crippen LogP) is 2.32. The lowest BCUT2D eigenvalue weighted by atomic mass is 9.85. The summed E-state index contributed by atoms with van der Waals surface area (Å²) in [7, 11) is 0. The van der Waals surface area contributed by atoms with Crippen LogP contribution in [0, 0.1) is 0 Å². The second-order valence-electron chi connectivity index (χ2n) is 5.30. The number of nitrogens with one attached hydrogen (secondary N) is 1. The van der Waals surface area contributed by atoms with Gasteiger partial charge >= 0.3 is 0 Å². The summed E-state index contributed by atoms with van der Waals surface area (Å²) in [6, 6.07) is 4.26. The van der Waals surface area contributed by atoms with Gasteiger partial charge in [0.1, 0.15) is 5.75 Å². The van der Waals surface area contributed by atoms with Crippen LogP contribution in [-0.4, -0.2) is 27.3 Å². The number of hydrogen-bond acceptors (Lipinski definition) is 3. The van der Waals surface area contributed by atoms with Crippen LogP contribution in [0.2, 0.25) is 5.02 Å². The van der Waals surface area contributed by atoms with Gasteiger partial charge in [-0.05, 0) is 45.9 Å². The standard InChI is InChI=1S/C13H18ClNO3/c1-12(2,13(3,4)18)15-11(17)9-6-5-8(14)7-10(9)16/h5-7,16,18H,1-4H3,(H,15,17). The van der Waals surface area contributed by atoms with Crippen LogP contribution in [0.1, 0.15) is 38.1 Å². The van der Waals surface area contributed by atoms with Crippen molar-refractivity contribution in [2.24, 2.45) is 0 Å². The van der Waals surface area contributed by atoms with Crippen molar-refractivity contribution in [3.8, 4) is 5.75 Å². The van der Waals surface area contributed by atoms with E-state index in [4.69, 9.17) is 11.6 Å². The van der Waals surface area contributed by atoms with Crippen molar-refractivity contribution in [1.82, 2.24) is 5.32 Å². The molecule has 0 heterocycles. The molecular weight excluding hydrogens is 254 g/mol. The van der Waals surface area contributed by atoms with Crippen LogP contribution in [0.3, 0.4) is 0 Å². The van der Waals surface area contributed by atoms with Crippen molar-refractivity contribution < 1.29 is 15.0 Å². The van der Waals surface area contributed by atoms with Crippen molar-refractivity contribution in [3.63, 3.8) is 0 Å². The minimum absolute atomic E-state index is 0.122. The molecular formula is C13H18ClNO3. The fraction of sp³-hybridized carbons (Fsp3) is 0.462. The zero-order valence-electron chi connectivity index (χ0n) is 10.9. The van der Waals surface area contributed by atoms with E-state index in [9.17, 15) is 15.0 Å². The summed E-state index contributed by atoms with van der Waals surface area (Å²) in [6.45, 7) is 6.62. The van der Waals surface area contributed by atoms with E-state index in [0.29, 0.717) is 5.02 Å². The van der Waals surface area contributed by atoms with Gasteiger partial charge in [0.05, 0.1) is 16.7 Å². The Morgan fingerprint density at radius 1 is 1.28 bits per heavy atom. The molecule has 0 aromatic heterocycles. The summed E-state index contributed by atoms with van der Waals surface area (Å²) in [5, 5.41) is 22.6. The maximum Gasteiger partial charge on any atom is 0.255 e. The third-order valence-electron chi connectivity index (χ3n) is 3.16. The van der Waals surface area contributed by atoms with Gasteiger partial charge in [-0.15, -0.1) is 0 Å². The first kappa shape index (κ1) is 14.8. The Kier molecular flexibility index (Phi) is 3.93. The van der Waals surface area contributed by atoms with Crippen LogP contribution in [-0.2, 0) is 0 Å². The number of carbonyl (C=O) groups is 1. The Balaban J connectivity index is 2.96. The van der Waals surface area contributed by atoms with Gasteiger partial charge in [0.15, 0.2) is 0 Å². The van der Waals surface area contributed by atoms with Gasteiger partial charge < -0.3 is 15.5 Å². The molecule has 0 aliphatic rings. The van der Waals surface area contributed by atoms with Crippen LogP contribution >= 0.6 is 11.6 Å². The molecule has 0 aliphatic carbocycles. The van der Waals surface area contributed by atoms with E-state index in [1.807, 2.05) is 0 Å². The van der Waals surface area contributed by atoms with Gasteiger partial charge in [-0.3, -0.25) is 4.79 Å². The molecule has 18 heavy (non-hydrogen) atoms. The number of rotatable bonds is 3. The second-order valence-corrected chi connectivity index (χ2v) is 5.74. The average Bonchev–Trinajstić information content (AvgIpc) is 2.14. The molecule has 0 bridgehead atoms. The summed E-state index contributed by atoms with van der Waals surface area (Å²) < 4.78 is 0. The van der Waals surface area contributed by atoms with Crippen molar-refractivity contribution in [1.29, 1.82) is 0 Å². The van der Waals surface area contributed by atoms with Crippen molar-refractivity contribution in [2.75, 3.05) is 0 Å². The van der Waals surface area contributed by atoms with E-state index in [1.54, 1.807) is 27.7 Å². The summed E-state index contributed by atoms with van der Waals surface area (Å²) in [5.74, 6) is -0.650. The van der Waals surface area contributed by atoms with Crippen LogP contribution in [0.25, 0.3) is 0 Å². The van der Waals surface area contributed by atoms with Crippen molar-refractivity contribution in [3.05, 3.63) is 28.8 Å². The van der Waals surface area contributed by atoms with Crippen LogP contribution in [0.15, 0.2) is 18.2 Å². The number of halogens is 1. The number of amides is 1. The lowest BCUT2D eigenvalue weighted by Crippen LogP contribution is -2.57. The van der Waals surface area contributed by atoms with E-state index in [0.717, 1.165) is 0 Å². The number of phenolic OH excluding ortho intramolecular Hbond substituents is 1. The van der Waals surface area contributed by atoms with Crippen molar-refractivity contribution in [2.45, 2.75) is 38.8 Å². The SMILES string of the molecule is CC(C)(O)C(C)(C)NC(=O)c1ccc(Cl)cc1O. The first-order chi connectivity index (χ1) is 8.04. The van der Waals surface area contributed by atoms with Gasteiger partial charge in [-0.2, -0.15) is 0 Å². The molecule has 0 aliphatic heterocycles. The molecule has 0 fully saturated rings. The lowest BCUT2D eigenvalue weighted by molar-refractivity contribution is -0.00297. The topological polar surface area (TPSA) is 69.6 Å². The van der Waals surface area contributed by atoms with Crippen molar-refractivity contribution >= 4 is 17.5 Å². The number of aromatic hydroxyl groups is 1. The van der Waals surface area contributed by atoms with Crippen LogP contribution in [0.5, 0.6) is 5.75 Å². The Labute approximate surface area is 112 Å². The fourth-order valence-electron chi connectivity index (χ4n) is 1.20. The van der Waals surface area contributed by atoms with Gasteiger partial charge in [0, 0.05) is 5.02 Å². The Hall–Kier alpha value is -1.26. The Morgan fingerprint density at radius 3 is 2.28 bits per heavy atom. The molecule has 5 heteroatoms. The second kappa shape index (κ2) is 4.78. The number of hydrogen-bond donors (Lipinski definition) is 3. The van der Waals surface area contributed by atoms with Crippen LogP contribution in [0.4, 0.5) is 0 Å². The van der Waals surface area contributed by atoms with E-state index in [1.165, 1.54) is 18.2 Å².